The zero-order valence-corrected chi connectivity index (χ0v) is 17.1. The number of benzene rings is 2. The molecule has 0 saturated carbocycles. The van der Waals surface area contributed by atoms with Gasteiger partial charge in [0.2, 0.25) is 0 Å². The lowest BCUT2D eigenvalue weighted by molar-refractivity contribution is 0.0683. The third kappa shape index (κ3) is 4.54. The van der Waals surface area contributed by atoms with E-state index in [2.05, 4.69) is 4.98 Å². The maximum absolute atomic E-state index is 13.1. The van der Waals surface area contributed by atoms with E-state index in [4.69, 9.17) is 16.3 Å². The number of methoxy groups -OCH3 is 1. The molecule has 0 unspecified atom stereocenters. The summed E-state index contributed by atoms with van der Waals surface area (Å²) < 4.78 is 7.20. The van der Waals surface area contributed by atoms with Crippen LogP contribution < -0.4 is 4.74 Å². The fourth-order valence-electron chi connectivity index (χ4n) is 2.99. The van der Waals surface area contributed by atoms with E-state index in [1.807, 2.05) is 53.8 Å². The van der Waals surface area contributed by atoms with Crippen LogP contribution in [0.2, 0.25) is 5.02 Å². The first-order valence-electron chi connectivity index (χ1n) is 9.18. The van der Waals surface area contributed by atoms with Crippen molar-refractivity contribution in [1.82, 2.24) is 14.5 Å². The van der Waals surface area contributed by atoms with Gasteiger partial charge in [-0.15, -0.1) is 0 Å². The zero-order chi connectivity index (χ0) is 20.1. The molecule has 0 aliphatic rings. The van der Waals surface area contributed by atoms with Crippen molar-refractivity contribution in [2.45, 2.75) is 33.0 Å². The second-order valence-corrected chi connectivity index (χ2v) is 7.23. The molecule has 6 heteroatoms. The van der Waals surface area contributed by atoms with Crippen LogP contribution in [0.1, 0.15) is 35.6 Å². The monoisotopic (exact) mass is 397 g/mol. The van der Waals surface area contributed by atoms with Crippen molar-refractivity contribution in [3.8, 4) is 5.75 Å². The number of amides is 1. The molecule has 146 valence electrons. The minimum Gasteiger partial charge on any atom is -0.497 e. The smallest absolute Gasteiger partial charge is 0.254 e. The van der Waals surface area contributed by atoms with Crippen molar-refractivity contribution >= 4 is 17.5 Å². The summed E-state index contributed by atoms with van der Waals surface area (Å²) in [6.45, 7) is 5.03. The summed E-state index contributed by atoms with van der Waals surface area (Å²) in [6, 6.07) is 14.9. The van der Waals surface area contributed by atoms with Gasteiger partial charge in [-0.25, -0.2) is 4.98 Å². The molecule has 1 heterocycles. The first-order valence-corrected chi connectivity index (χ1v) is 9.56. The summed E-state index contributed by atoms with van der Waals surface area (Å²) in [6.07, 6.45) is 3.66. The van der Waals surface area contributed by atoms with E-state index in [9.17, 15) is 4.79 Å². The van der Waals surface area contributed by atoms with Crippen LogP contribution in [0, 0.1) is 0 Å². The minimum atomic E-state index is -0.0371. The first kappa shape index (κ1) is 20.0. The molecule has 3 rings (SSSR count). The predicted octanol–water partition coefficient (Wildman–Crippen LogP) is 4.64. The number of imidazole rings is 1. The number of nitrogens with zero attached hydrogens (tertiary/aromatic N) is 3. The van der Waals surface area contributed by atoms with Gasteiger partial charge in [-0.05, 0) is 49.7 Å². The normalized spacial score (nSPS) is 10.9. The van der Waals surface area contributed by atoms with Gasteiger partial charge in [0.25, 0.3) is 5.91 Å². The van der Waals surface area contributed by atoms with Gasteiger partial charge >= 0.3 is 0 Å². The van der Waals surface area contributed by atoms with Crippen LogP contribution in [0.4, 0.5) is 0 Å². The van der Waals surface area contributed by atoms with Crippen molar-refractivity contribution in [1.29, 1.82) is 0 Å². The lowest BCUT2D eigenvalue weighted by Crippen LogP contribution is -2.37. The molecule has 0 saturated heterocycles. The molecule has 0 bridgehead atoms. The van der Waals surface area contributed by atoms with Crippen molar-refractivity contribution in [3.05, 3.63) is 82.9 Å². The summed E-state index contributed by atoms with van der Waals surface area (Å²) in [5, 5.41) is 0.720. The second-order valence-electron chi connectivity index (χ2n) is 6.82. The van der Waals surface area contributed by atoms with Gasteiger partial charge in [0.1, 0.15) is 11.6 Å². The van der Waals surface area contributed by atoms with E-state index < -0.39 is 0 Å². The van der Waals surface area contributed by atoms with Crippen LogP contribution in [0.15, 0.2) is 60.9 Å². The lowest BCUT2D eigenvalue weighted by atomic mass is 10.1. The number of rotatable bonds is 7. The molecule has 1 aromatic heterocycles. The van der Waals surface area contributed by atoms with E-state index in [1.54, 1.807) is 37.6 Å². The Morgan fingerprint density at radius 2 is 1.89 bits per heavy atom. The Labute approximate surface area is 170 Å². The largest absolute Gasteiger partial charge is 0.497 e. The van der Waals surface area contributed by atoms with Gasteiger partial charge in [-0.3, -0.25) is 4.79 Å². The molecule has 3 aromatic rings. The summed E-state index contributed by atoms with van der Waals surface area (Å²) in [7, 11) is 1.61. The molecule has 0 atom stereocenters. The standard InChI is InChI=1S/C22H24ClN3O2/c1-16(2)26(22(27)17-8-10-19(28-3)11-9-17)15-21-24-12-13-25(21)14-18-6-4-5-7-20(18)23/h4-13,16H,14-15H2,1-3H3. The Balaban J connectivity index is 1.80. The fourth-order valence-corrected chi connectivity index (χ4v) is 3.18. The average molecular weight is 398 g/mol. The highest BCUT2D eigenvalue weighted by Gasteiger charge is 2.21. The predicted molar refractivity (Wildman–Crippen MR) is 111 cm³/mol. The van der Waals surface area contributed by atoms with Crippen LogP contribution in [-0.2, 0) is 13.1 Å². The molecule has 2 aromatic carbocycles. The van der Waals surface area contributed by atoms with Crippen molar-refractivity contribution in [2.75, 3.05) is 7.11 Å². The highest BCUT2D eigenvalue weighted by Crippen LogP contribution is 2.19. The molecule has 0 N–H and O–H groups in total. The molecule has 0 spiro atoms. The maximum atomic E-state index is 13.1. The van der Waals surface area contributed by atoms with Crippen LogP contribution in [-0.4, -0.2) is 33.5 Å². The maximum Gasteiger partial charge on any atom is 0.254 e. The number of hydrogen-bond acceptors (Lipinski definition) is 3. The number of ether oxygens (including phenoxy) is 1. The van der Waals surface area contributed by atoms with E-state index in [0.717, 1.165) is 22.2 Å². The number of carbonyl (C=O) groups excluding carboxylic acids is 1. The van der Waals surface area contributed by atoms with E-state index in [0.29, 0.717) is 18.7 Å². The summed E-state index contributed by atoms with van der Waals surface area (Å²) in [5.74, 6) is 1.50. The van der Waals surface area contributed by atoms with E-state index >= 15 is 0 Å². The Morgan fingerprint density at radius 1 is 1.18 bits per heavy atom. The van der Waals surface area contributed by atoms with Crippen LogP contribution in [0.5, 0.6) is 5.75 Å². The van der Waals surface area contributed by atoms with E-state index in [-0.39, 0.29) is 11.9 Å². The van der Waals surface area contributed by atoms with Crippen LogP contribution >= 0.6 is 11.6 Å². The zero-order valence-electron chi connectivity index (χ0n) is 16.3. The molecule has 5 nitrogen and oxygen atoms in total. The molecule has 0 aliphatic heterocycles. The quantitative estimate of drug-likeness (QED) is 0.583. The topological polar surface area (TPSA) is 47.4 Å². The van der Waals surface area contributed by atoms with Crippen molar-refractivity contribution in [2.24, 2.45) is 0 Å². The Kier molecular flexibility index (Phi) is 6.37. The van der Waals surface area contributed by atoms with Crippen LogP contribution in [0.3, 0.4) is 0 Å². The summed E-state index contributed by atoms with van der Waals surface area (Å²) in [4.78, 5) is 19.3. The molecule has 0 fully saturated rings. The summed E-state index contributed by atoms with van der Waals surface area (Å²) >= 11 is 6.30. The van der Waals surface area contributed by atoms with E-state index in [1.165, 1.54) is 0 Å². The lowest BCUT2D eigenvalue weighted by Gasteiger charge is -2.27. The second kappa shape index (κ2) is 8.93. The van der Waals surface area contributed by atoms with Gasteiger partial charge in [0.15, 0.2) is 0 Å². The van der Waals surface area contributed by atoms with Gasteiger partial charge in [-0.2, -0.15) is 0 Å². The molecule has 1 amide bonds. The molecular formula is C22H24ClN3O2. The number of carbonyl (C=O) groups is 1. The minimum absolute atomic E-state index is 0.0278. The van der Waals surface area contributed by atoms with Crippen molar-refractivity contribution < 1.29 is 9.53 Å². The molecule has 0 aliphatic carbocycles. The summed E-state index contributed by atoms with van der Waals surface area (Å²) in [5.41, 5.74) is 1.64. The Bertz CT molecular complexity index is 935. The first-order chi connectivity index (χ1) is 13.5. The van der Waals surface area contributed by atoms with Crippen LogP contribution in [0.25, 0.3) is 0 Å². The SMILES string of the molecule is COc1ccc(C(=O)N(Cc2nccn2Cc2ccccc2Cl)C(C)C)cc1. The van der Waals surface area contributed by atoms with Gasteiger partial charge in [-0.1, -0.05) is 29.8 Å². The average Bonchev–Trinajstić information content (AvgIpc) is 3.14. The molecular weight excluding hydrogens is 374 g/mol. The molecule has 28 heavy (non-hydrogen) atoms. The number of hydrogen-bond donors (Lipinski definition) is 0. The highest BCUT2D eigenvalue weighted by molar-refractivity contribution is 6.31. The fraction of sp³-hybridized carbons (Fsp3) is 0.273. The number of halogens is 1. The molecule has 0 radical (unpaired) electrons. The Hall–Kier alpha value is -2.79. The van der Waals surface area contributed by atoms with Crippen molar-refractivity contribution in [3.63, 3.8) is 0 Å². The number of aromatic nitrogens is 2. The highest BCUT2D eigenvalue weighted by atomic mass is 35.5. The van der Waals surface area contributed by atoms with Gasteiger partial charge < -0.3 is 14.2 Å². The van der Waals surface area contributed by atoms with Gasteiger partial charge in [0, 0.05) is 29.0 Å². The third-order valence-corrected chi connectivity index (χ3v) is 5.00. The Morgan fingerprint density at radius 3 is 2.54 bits per heavy atom. The third-order valence-electron chi connectivity index (χ3n) is 4.63. The van der Waals surface area contributed by atoms with Gasteiger partial charge in [0.05, 0.1) is 20.2 Å².